The molecule has 0 aliphatic carbocycles. The summed E-state index contributed by atoms with van der Waals surface area (Å²) in [6.07, 6.45) is 1.63. The largest absolute Gasteiger partial charge is 0.417 e. The third-order valence-corrected chi connectivity index (χ3v) is 8.89. The van der Waals surface area contributed by atoms with Crippen LogP contribution in [-0.2, 0) is 20.3 Å². The number of nitrogens with zero attached hydrogens (tertiary/aromatic N) is 8. The number of fused-ring (bicyclic) bond motifs is 2. The SMILES string of the molecule is CCSc1cc(C(F)(F)F)cnc1-c1nc2cc(S)cnc2n1C.CCSc1cc(C)cnc1-c1nc2cc(S)cnc2n1C. The van der Waals surface area contributed by atoms with Crippen molar-refractivity contribution in [1.29, 1.82) is 0 Å². The molecule has 6 heterocycles. The van der Waals surface area contributed by atoms with Gasteiger partial charge in [0, 0.05) is 58.5 Å². The van der Waals surface area contributed by atoms with Crippen LogP contribution >= 0.6 is 48.8 Å². The van der Waals surface area contributed by atoms with E-state index in [2.05, 4.69) is 70.1 Å². The Morgan fingerprint density at radius 2 is 1.16 bits per heavy atom. The molecule has 234 valence electrons. The predicted octanol–water partition coefficient (Wildman–Crippen LogP) is 8.19. The van der Waals surface area contributed by atoms with Gasteiger partial charge >= 0.3 is 6.18 Å². The van der Waals surface area contributed by atoms with Gasteiger partial charge in [0.1, 0.15) is 22.4 Å². The van der Waals surface area contributed by atoms with Gasteiger partial charge in [-0.25, -0.2) is 19.9 Å². The zero-order chi connectivity index (χ0) is 32.5. The fourth-order valence-electron chi connectivity index (χ4n) is 4.56. The minimum atomic E-state index is -4.43. The molecule has 6 aromatic heterocycles. The van der Waals surface area contributed by atoms with E-state index in [1.54, 1.807) is 41.8 Å². The quantitative estimate of drug-likeness (QED) is 0.134. The standard InChI is InChI=1S/C15H13F3N4S2.C15H16N4S2/c1-3-24-11-4-8(15(16,17)18)6-19-12(11)14-21-10-5-9(23)7-20-13(10)22(14)2;1-4-21-12-5-9(2)7-16-13(12)15-18-11-6-10(20)8-17-14(11)19(15)3/h4-7,23H,3H2,1-2H3;5-8,20H,4H2,1-3H3. The number of aromatic nitrogens is 8. The average Bonchev–Trinajstić information content (AvgIpc) is 3.48. The Kier molecular flexibility index (Phi) is 10.0. The van der Waals surface area contributed by atoms with Gasteiger partial charge in [0.25, 0.3) is 0 Å². The molecule has 0 aliphatic rings. The van der Waals surface area contributed by atoms with E-state index in [4.69, 9.17) is 4.98 Å². The average molecular weight is 687 g/mol. The van der Waals surface area contributed by atoms with Crippen molar-refractivity contribution in [3.8, 4) is 23.0 Å². The van der Waals surface area contributed by atoms with Gasteiger partial charge in [-0.1, -0.05) is 13.8 Å². The monoisotopic (exact) mass is 686 g/mol. The molecule has 0 saturated carbocycles. The number of aryl methyl sites for hydroxylation is 3. The molecule has 45 heavy (non-hydrogen) atoms. The molecule has 0 fully saturated rings. The van der Waals surface area contributed by atoms with Crippen molar-refractivity contribution >= 4 is 71.1 Å². The van der Waals surface area contributed by atoms with Gasteiger partial charge in [0.2, 0.25) is 0 Å². The lowest BCUT2D eigenvalue weighted by Crippen LogP contribution is -2.07. The van der Waals surface area contributed by atoms with Crippen LogP contribution in [0.5, 0.6) is 0 Å². The number of hydrogen-bond acceptors (Lipinski definition) is 10. The van der Waals surface area contributed by atoms with Gasteiger partial charge in [-0.3, -0.25) is 9.97 Å². The predicted molar refractivity (Wildman–Crippen MR) is 181 cm³/mol. The zero-order valence-corrected chi connectivity index (χ0v) is 28.4. The van der Waals surface area contributed by atoms with Crippen molar-refractivity contribution in [1.82, 2.24) is 39.0 Å². The molecule has 0 aromatic carbocycles. The van der Waals surface area contributed by atoms with E-state index in [0.717, 1.165) is 56.1 Å². The minimum absolute atomic E-state index is 0.413. The Bertz CT molecular complexity index is 2010. The first-order valence-electron chi connectivity index (χ1n) is 13.7. The Morgan fingerprint density at radius 1 is 0.689 bits per heavy atom. The highest BCUT2D eigenvalue weighted by Crippen LogP contribution is 2.36. The number of halogens is 3. The molecule has 0 amide bonds. The van der Waals surface area contributed by atoms with E-state index in [-0.39, 0.29) is 0 Å². The van der Waals surface area contributed by atoms with Gasteiger partial charge in [-0.2, -0.15) is 13.2 Å². The van der Waals surface area contributed by atoms with Gasteiger partial charge in [-0.05, 0) is 48.3 Å². The third kappa shape index (κ3) is 7.11. The van der Waals surface area contributed by atoms with Crippen molar-refractivity contribution in [2.24, 2.45) is 14.1 Å². The number of thiol groups is 2. The van der Waals surface area contributed by atoms with Crippen LogP contribution in [0.15, 0.2) is 68.6 Å². The molecule has 0 atom stereocenters. The molecule has 0 radical (unpaired) electrons. The topological polar surface area (TPSA) is 87.2 Å². The lowest BCUT2D eigenvalue weighted by atomic mass is 10.2. The molecule has 0 spiro atoms. The Balaban J connectivity index is 0.000000179. The maximum absolute atomic E-state index is 12.9. The summed E-state index contributed by atoms with van der Waals surface area (Å²) in [7, 11) is 3.73. The summed E-state index contributed by atoms with van der Waals surface area (Å²) in [6.45, 7) is 6.07. The van der Waals surface area contributed by atoms with E-state index in [1.165, 1.54) is 11.8 Å². The normalized spacial score (nSPS) is 11.7. The number of alkyl halides is 3. The second-order valence-corrected chi connectivity index (χ2v) is 13.5. The third-order valence-electron chi connectivity index (χ3n) is 6.58. The molecule has 0 unspecified atom stereocenters. The number of rotatable bonds is 6. The van der Waals surface area contributed by atoms with Gasteiger partial charge in [0.15, 0.2) is 22.9 Å². The van der Waals surface area contributed by atoms with Crippen LogP contribution in [0.2, 0.25) is 0 Å². The maximum atomic E-state index is 12.9. The van der Waals surface area contributed by atoms with Crippen LogP contribution in [0.4, 0.5) is 13.2 Å². The lowest BCUT2D eigenvalue weighted by molar-refractivity contribution is -0.138. The molecule has 0 bridgehead atoms. The summed E-state index contributed by atoms with van der Waals surface area (Å²) in [5.41, 5.74) is 4.64. The van der Waals surface area contributed by atoms with Crippen LogP contribution in [0.3, 0.4) is 0 Å². The van der Waals surface area contributed by atoms with Crippen LogP contribution in [0.25, 0.3) is 45.4 Å². The second kappa shape index (κ2) is 13.6. The summed E-state index contributed by atoms with van der Waals surface area (Å²) < 4.78 is 42.5. The summed E-state index contributed by atoms with van der Waals surface area (Å²) in [6, 6.07) is 6.96. The number of hydrogen-bond donors (Lipinski definition) is 2. The Hall–Kier alpha value is -3.27. The van der Waals surface area contributed by atoms with E-state index < -0.39 is 11.7 Å². The van der Waals surface area contributed by atoms with Crippen molar-refractivity contribution in [3.63, 3.8) is 0 Å². The van der Waals surface area contributed by atoms with Gasteiger partial charge < -0.3 is 9.13 Å². The molecule has 8 nitrogen and oxygen atoms in total. The molecule has 6 rings (SSSR count). The highest BCUT2D eigenvalue weighted by atomic mass is 32.2. The van der Waals surface area contributed by atoms with Gasteiger partial charge in [-0.15, -0.1) is 48.8 Å². The Morgan fingerprint density at radius 3 is 1.62 bits per heavy atom. The van der Waals surface area contributed by atoms with E-state index in [0.29, 0.717) is 38.2 Å². The minimum Gasteiger partial charge on any atom is -0.310 e. The molecule has 6 aromatic rings. The zero-order valence-electron chi connectivity index (χ0n) is 25.0. The van der Waals surface area contributed by atoms with Crippen LogP contribution in [0.1, 0.15) is 25.0 Å². The molecule has 0 N–H and O–H groups in total. The summed E-state index contributed by atoms with van der Waals surface area (Å²) in [4.78, 5) is 29.5. The summed E-state index contributed by atoms with van der Waals surface area (Å²) in [5.74, 6) is 2.94. The van der Waals surface area contributed by atoms with Crippen LogP contribution in [0, 0.1) is 6.92 Å². The first-order chi connectivity index (χ1) is 21.4. The van der Waals surface area contributed by atoms with Crippen molar-refractivity contribution in [2.45, 2.75) is 46.5 Å². The van der Waals surface area contributed by atoms with Gasteiger partial charge in [0.05, 0.1) is 5.56 Å². The number of pyridine rings is 4. The second-order valence-electron chi connectivity index (χ2n) is 9.86. The van der Waals surface area contributed by atoms with Crippen molar-refractivity contribution < 1.29 is 13.2 Å². The number of thioether (sulfide) groups is 2. The summed E-state index contributed by atoms with van der Waals surface area (Å²) >= 11 is 11.6. The van der Waals surface area contributed by atoms with E-state index in [1.807, 2.05) is 30.8 Å². The number of imidazole rings is 2. The van der Waals surface area contributed by atoms with Crippen molar-refractivity contribution in [2.75, 3.05) is 11.5 Å². The molecule has 0 aliphatic heterocycles. The van der Waals surface area contributed by atoms with Crippen LogP contribution < -0.4 is 0 Å². The molecule has 0 saturated heterocycles. The fourth-order valence-corrected chi connectivity index (χ4v) is 6.59. The first-order valence-corrected chi connectivity index (χ1v) is 16.6. The van der Waals surface area contributed by atoms with E-state index in [9.17, 15) is 13.2 Å². The van der Waals surface area contributed by atoms with Crippen molar-refractivity contribution in [3.05, 3.63) is 60.2 Å². The highest BCUT2D eigenvalue weighted by molar-refractivity contribution is 7.99. The lowest BCUT2D eigenvalue weighted by Gasteiger charge is -2.11. The molecular formula is C30H29F3N8S4. The highest BCUT2D eigenvalue weighted by Gasteiger charge is 2.32. The Labute approximate surface area is 277 Å². The van der Waals surface area contributed by atoms with Crippen LogP contribution in [-0.4, -0.2) is 50.5 Å². The fraction of sp³-hybridized carbons (Fsp3) is 0.267. The maximum Gasteiger partial charge on any atom is 0.417 e. The molecule has 15 heteroatoms. The smallest absolute Gasteiger partial charge is 0.310 e. The summed E-state index contributed by atoms with van der Waals surface area (Å²) in [5, 5.41) is 0. The van der Waals surface area contributed by atoms with E-state index >= 15 is 0 Å². The molecular weight excluding hydrogens is 658 g/mol. The first kappa shape index (κ1) is 33.1.